The molecule has 0 spiro atoms. The van der Waals surface area contributed by atoms with Crippen LogP contribution in [0.1, 0.15) is 11.5 Å². The summed E-state index contributed by atoms with van der Waals surface area (Å²) in [5.74, 6) is 7.34. The molecule has 106 valence electrons. The summed E-state index contributed by atoms with van der Waals surface area (Å²) in [6.45, 7) is 2.21. The highest BCUT2D eigenvalue weighted by molar-refractivity contribution is 5.61. The van der Waals surface area contributed by atoms with Crippen LogP contribution in [0.5, 0.6) is 0 Å². The molecule has 2 heterocycles. The summed E-state index contributed by atoms with van der Waals surface area (Å²) in [6, 6.07) is 6.47. The third kappa shape index (κ3) is 2.86. The fourth-order valence-electron chi connectivity index (χ4n) is 1.82. The van der Waals surface area contributed by atoms with E-state index in [0.717, 1.165) is 5.76 Å². The van der Waals surface area contributed by atoms with E-state index in [0.29, 0.717) is 18.1 Å². The van der Waals surface area contributed by atoms with Gasteiger partial charge in [0, 0.05) is 13.1 Å². The Morgan fingerprint density at radius 2 is 2.20 bits per heavy atom. The first-order valence-corrected chi connectivity index (χ1v) is 5.89. The first-order valence-electron chi connectivity index (χ1n) is 5.89. The molecule has 20 heavy (non-hydrogen) atoms. The van der Waals surface area contributed by atoms with Crippen LogP contribution in [0.25, 0.3) is 0 Å². The van der Waals surface area contributed by atoms with Crippen molar-refractivity contribution >= 4 is 17.3 Å². The summed E-state index contributed by atoms with van der Waals surface area (Å²) in [5, 5.41) is 11.0. The van der Waals surface area contributed by atoms with Gasteiger partial charge in [0.15, 0.2) is 0 Å². The number of hydrogen-bond acceptors (Lipinski definition) is 7. The Kier molecular flexibility index (Phi) is 3.85. The standard InChI is InChI=1S/C12H15N5O3/c1-8-3-4-9(20-8)7-16(2)12-10(17(18)19)5-6-11(14-12)15-13/h3-6H,7,13H2,1-2H3,(H,14,15). The zero-order valence-corrected chi connectivity index (χ0v) is 11.2. The summed E-state index contributed by atoms with van der Waals surface area (Å²) >= 11 is 0. The third-order valence-corrected chi connectivity index (χ3v) is 2.75. The average molecular weight is 277 g/mol. The minimum atomic E-state index is -0.480. The second kappa shape index (κ2) is 5.57. The minimum absolute atomic E-state index is 0.0882. The molecule has 0 saturated carbocycles. The van der Waals surface area contributed by atoms with Crippen molar-refractivity contribution in [3.8, 4) is 0 Å². The number of nitrogen functional groups attached to an aromatic ring is 1. The minimum Gasteiger partial charge on any atom is -0.464 e. The highest BCUT2D eigenvalue weighted by Crippen LogP contribution is 2.27. The lowest BCUT2D eigenvalue weighted by Crippen LogP contribution is -2.20. The summed E-state index contributed by atoms with van der Waals surface area (Å²) in [5.41, 5.74) is 2.28. The Morgan fingerprint density at radius 3 is 2.75 bits per heavy atom. The van der Waals surface area contributed by atoms with E-state index in [1.54, 1.807) is 11.9 Å². The molecule has 8 nitrogen and oxygen atoms in total. The van der Waals surface area contributed by atoms with Crippen molar-refractivity contribution in [2.45, 2.75) is 13.5 Å². The van der Waals surface area contributed by atoms with Crippen molar-refractivity contribution in [2.75, 3.05) is 17.4 Å². The van der Waals surface area contributed by atoms with Crippen LogP contribution >= 0.6 is 0 Å². The molecule has 0 radical (unpaired) electrons. The number of nitrogens with one attached hydrogen (secondary N) is 1. The first kappa shape index (κ1) is 13.8. The number of nitrogens with two attached hydrogens (primary N) is 1. The maximum atomic E-state index is 11.0. The monoisotopic (exact) mass is 277 g/mol. The largest absolute Gasteiger partial charge is 0.464 e. The summed E-state index contributed by atoms with van der Waals surface area (Å²) in [4.78, 5) is 16.3. The van der Waals surface area contributed by atoms with Crippen molar-refractivity contribution < 1.29 is 9.34 Å². The fraction of sp³-hybridized carbons (Fsp3) is 0.250. The van der Waals surface area contributed by atoms with Gasteiger partial charge < -0.3 is 14.7 Å². The lowest BCUT2D eigenvalue weighted by Gasteiger charge is -2.17. The van der Waals surface area contributed by atoms with Crippen molar-refractivity contribution in [2.24, 2.45) is 5.84 Å². The molecule has 8 heteroatoms. The molecule has 0 unspecified atom stereocenters. The Balaban J connectivity index is 2.31. The predicted octanol–water partition coefficient (Wildman–Crippen LogP) is 1.81. The highest BCUT2D eigenvalue weighted by atomic mass is 16.6. The molecule has 2 aromatic heterocycles. The lowest BCUT2D eigenvalue weighted by atomic mass is 10.3. The Bertz CT molecular complexity index is 625. The summed E-state index contributed by atoms with van der Waals surface area (Å²) < 4.78 is 5.45. The van der Waals surface area contributed by atoms with Crippen LogP contribution in [0.15, 0.2) is 28.7 Å². The number of hydrogen-bond donors (Lipinski definition) is 2. The van der Waals surface area contributed by atoms with Crippen LogP contribution in [0, 0.1) is 17.0 Å². The van der Waals surface area contributed by atoms with Gasteiger partial charge in [0.2, 0.25) is 5.82 Å². The number of pyridine rings is 1. The van der Waals surface area contributed by atoms with E-state index in [-0.39, 0.29) is 11.5 Å². The zero-order valence-electron chi connectivity index (χ0n) is 11.2. The molecule has 0 aliphatic heterocycles. The molecule has 0 aromatic carbocycles. The van der Waals surface area contributed by atoms with Gasteiger partial charge in [0.25, 0.3) is 0 Å². The van der Waals surface area contributed by atoms with E-state index < -0.39 is 4.92 Å². The van der Waals surface area contributed by atoms with E-state index in [9.17, 15) is 10.1 Å². The average Bonchev–Trinajstić information content (AvgIpc) is 2.83. The molecule has 0 amide bonds. The van der Waals surface area contributed by atoms with Gasteiger partial charge in [-0.25, -0.2) is 10.8 Å². The van der Waals surface area contributed by atoms with Gasteiger partial charge in [-0.15, -0.1) is 0 Å². The molecule has 0 aliphatic rings. The van der Waals surface area contributed by atoms with Gasteiger partial charge in [0.05, 0.1) is 11.5 Å². The SMILES string of the molecule is Cc1ccc(CN(C)c2nc(NN)ccc2[N+](=O)[O-])o1. The Hall–Kier alpha value is -2.61. The molecule has 2 aromatic rings. The Morgan fingerprint density at radius 1 is 1.45 bits per heavy atom. The van der Waals surface area contributed by atoms with Gasteiger partial charge in [0.1, 0.15) is 17.3 Å². The van der Waals surface area contributed by atoms with E-state index in [2.05, 4.69) is 10.4 Å². The second-order valence-electron chi connectivity index (χ2n) is 4.31. The quantitative estimate of drug-likeness (QED) is 0.487. The van der Waals surface area contributed by atoms with Crippen LogP contribution in [-0.2, 0) is 6.54 Å². The van der Waals surface area contributed by atoms with Crippen LogP contribution in [0.3, 0.4) is 0 Å². The maximum absolute atomic E-state index is 11.0. The van der Waals surface area contributed by atoms with Crippen LogP contribution < -0.4 is 16.2 Å². The van der Waals surface area contributed by atoms with Gasteiger partial charge >= 0.3 is 5.69 Å². The number of aromatic nitrogens is 1. The third-order valence-electron chi connectivity index (χ3n) is 2.75. The first-order chi connectivity index (χ1) is 9.51. The van der Waals surface area contributed by atoms with Crippen LogP contribution in [0.4, 0.5) is 17.3 Å². The van der Waals surface area contributed by atoms with Crippen molar-refractivity contribution in [1.82, 2.24) is 4.98 Å². The molecular formula is C12H15N5O3. The van der Waals surface area contributed by atoms with Crippen molar-refractivity contribution in [3.05, 3.63) is 45.9 Å². The molecule has 2 rings (SSSR count). The molecule has 0 aliphatic carbocycles. The topological polar surface area (TPSA) is 110 Å². The summed E-state index contributed by atoms with van der Waals surface area (Å²) in [7, 11) is 1.70. The van der Waals surface area contributed by atoms with E-state index in [4.69, 9.17) is 10.3 Å². The molecule has 0 bridgehead atoms. The van der Waals surface area contributed by atoms with Crippen molar-refractivity contribution in [1.29, 1.82) is 0 Å². The van der Waals surface area contributed by atoms with Gasteiger partial charge in [-0.05, 0) is 25.1 Å². The molecule has 3 N–H and O–H groups in total. The smallest absolute Gasteiger partial charge is 0.311 e. The fourth-order valence-corrected chi connectivity index (χ4v) is 1.82. The van der Waals surface area contributed by atoms with E-state index in [1.807, 2.05) is 19.1 Å². The molecular weight excluding hydrogens is 262 g/mol. The number of aryl methyl sites for hydroxylation is 1. The number of anilines is 2. The molecule has 0 atom stereocenters. The van der Waals surface area contributed by atoms with Crippen LogP contribution in [-0.4, -0.2) is 17.0 Å². The van der Waals surface area contributed by atoms with Crippen molar-refractivity contribution in [3.63, 3.8) is 0 Å². The lowest BCUT2D eigenvalue weighted by molar-refractivity contribution is -0.384. The van der Waals surface area contributed by atoms with Gasteiger partial charge in [-0.1, -0.05) is 0 Å². The second-order valence-corrected chi connectivity index (χ2v) is 4.31. The van der Waals surface area contributed by atoms with E-state index >= 15 is 0 Å². The number of hydrazine groups is 1. The number of nitrogens with zero attached hydrogens (tertiary/aromatic N) is 3. The highest BCUT2D eigenvalue weighted by Gasteiger charge is 2.20. The predicted molar refractivity (Wildman–Crippen MR) is 74.3 cm³/mol. The maximum Gasteiger partial charge on any atom is 0.311 e. The molecule has 0 saturated heterocycles. The number of rotatable bonds is 5. The van der Waals surface area contributed by atoms with E-state index in [1.165, 1.54) is 12.1 Å². The summed E-state index contributed by atoms with van der Waals surface area (Å²) in [6.07, 6.45) is 0. The number of nitro groups is 1. The number of furan rings is 1. The van der Waals surface area contributed by atoms with Gasteiger partial charge in [-0.2, -0.15) is 0 Å². The normalized spacial score (nSPS) is 10.3. The van der Waals surface area contributed by atoms with Gasteiger partial charge in [-0.3, -0.25) is 10.1 Å². The zero-order chi connectivity index (χ0) is 14.7. The molecule has 0 fully saturated rings. The Labute approximate surface area is 115 Å². The van der Waals surface area contributed by atoms with Crippen LogP contribution in [0.2, 0.25) is 0 Å².